The average molecular weight is 220 g/mol. The fraction of sp³-hybridized carbons (Fsp3) is 1.00. The minimum Gasteiger partial charge on any atom is -0.746 e. The second-order valence-electron chi connectivity index (χ2n) is 2.73. The van der Waals surface area contributed by atoms with Crippen LogP contribution in [0, 0.1) is 0 Å². The zero-order valence-corrected chi connectivity index (χ0v) is 10.6. The van der Waals surface area contributed by atoms with Crippen molar-refractivity contribution in [2.45, 2.75) is 23.5 Å². The molecule has 1 saturated heterocycles. The van der Waals surface area contributed by atoms with Gasteiger partial charge in [0.2, 0.25) is 0 Å². The standard InChI is InChI=1S/C5H10O4S2.Na/c1-4-2-5(6,3-10-4)11(7,8)9;/h4,6H,2-3H2,1H3,(H,7,8,9);/q;+1/p-1. The Hall–Kier alpha value is 1.22. The van der Waals surface area contributed by atoms with Crippen molar-refractivity contribution in [2.75, 3.05) is 5.75 Å². The van der Waals surface area contributed by atoms with Gasteiger partial charge in [0.1, 0.15) is 10.1 Å². The maximum atomic E-state index is 10.5. The van der Waals surface area contributed by atoms with Crippen LogP contribution in [-0.2, 0) is 10.1 Å². The Morgan fingerprint density at radius 3 is 2.33 bits per heavy atom. The van der Waals surface area contributed by atoms with Crippen molar-refractivity contribution in [3.05, 3.63) is 0 Å². The molecule has 0 bridgehead atoms. The Labute approximate surface area is 98.2 Å². The Morgan fingerprint density at radius 1 is 1.67 bits per heavy atom. The van der Waals surface area contributed by atoms with Crippen LogP contribution in [0.1, 0.15) is 13.3 Å². The molecule has 0 amide bonds. The van der Waals surface area contributed by atoms with Gasteiger partial charge in [-0.15, -0.1) is 0 Å². The minimum atomic E-state index is -4.55. The van der Waals surface area contributed by atoms with Gasteiger partial charge in [-0.05, 0) is 0 Å². The summed E-state index contributed by atoms with van der Waals surface area (Å²) in [7, 11) is -4.55. The molecule has 0 spiro atoms. The van der Waals surface area contributed by atoms with Gasteiger partial charge in [0.25, 0.3) is 0 Å². The summed E-state index contributed by atoms with van der Waals surface area (Å²) in [5.74, 6) is 0.000000000000000222. The van der Waals surface area contributed by atoms with E-state index in [0.29, 0.717) is 0 Å². The largest absolute Gasteiger partial charge is 1.00 e. The maximum absolute atomic E-state index is 10.5. The molecule has 7 heteroatoms. The van der Waals surface area contributed by atoms with Gasteiger partial charge in [-0.2, -0.15) is 11.8 Å². The normalized spacial score (nSPS) is 36.1. The van der Waals surface area contributed by atoms with E-state index in [2.05, 4.69) is 0 Å². The van der Waals surface area contributed by atoms with E-state index in [4.69, 9.17) is 0 Å². The Morgan fingerprint density at radius 2 is 2.17 bits per heavy atom. The summed E-state index contributed by atoms with van der Waals surface area (Å²) in [6.45, 7) is 1.79. The van der Waals surface area contributed by atoms with Crippen molar-refractivity contribution in [3.8, 4) is 0 Å². The average Bonchev–Trinajstić information content (AvgIpc) is 2.10. The van der Waals surface area contributed by atoms with Gasteiger partial charge >= 0.3 is 29.6 Å². The smallest absolute Gasteiger partial charge is 0.746 e. The molecule has 0 aromatic rings. The SMILES string of the molecule is CC1CC(O)(S(=O)(=O)[O-])CS1.[Na+]. The Balaban J connectivity index is 0.00000121. The summed E-state index contributed by atoms with van der Waals surface area (Å²) in [6, 6.07) is 0. The molecule has 66 valence electrons. The molecule has 0 aromatic heterocycles. The third-order valence-electron chi connectivity index (χ3n) is 1.67. The van der Waals surface area contributed by atoms with Crippen LogP contribution in [0.4, 0.5) is 0 Å². The zero-order chi connectivity index (χ0) is 8.70. The van der Waals surface area contributed by atoms with E-state index < -0.39 is 15.1 Å². The first-order chi connectivity index (χ1) is 4.85. The van der Waals surface area contributed by atoms with Crippen LogP contribution >= 0.6 is 11.8 Å². The van der Waals surface area contributed by atoms with Gasteiger partial charge in [0, 0.05) is 17.4 Å². The molecule has 1 N–H and O–H groups in total. The first kappa shape index (κ1) is 13.2. The fourth-order valence-corrected chi connectivity index (χ4v) is 3.41. The summed E-state index contributed by atoms with van der Waals surface area (Å²) < 4.78 is 31.4. The molecule has 2 atom stereocenters. The van der Waals surface area contributed by atoms with Crippen LogP contribution in [0.2, 0.25) is 0 Å². The van der Waals surface area contributed by atoms with Gasteiger partial charge in [-0.25, -0.2) is 8.42 Å². The van der Waals surface area contributed by atoms with Gasteiger partial charge < -0.3 is 9.66 Å². The predicted molar refractivity (Wildman–Crippen MR) is 41.2 cm³/mol. The summed E-state index contributed by atoms with van der Waals surface area (Å²) in [4.78, 5) is -2.02. The second-order valence-corrected chi connectivity index (χ2v) is 5.82. The van der Waals surface area contributed by atoms with Crippen molar-refractivity contribution in [1.82, 2.24) is 0 Å². The molecule has 2 unspecified atom stereocenters. The van der Waals surface area contributed by atoms with E-state index in [1.54, 1.807) is 6.92 Å². The van der Waals surface area contributed by atoms with Gasteiger partial charge in [0.05, 0.1) is 0 Å². The van der Waals surface area contributed by atoms with Gasteiger partial charge in [-0.3, -0.25) is 0 Å². The van der Waals surface area contributed by atoms with Crippen molar-refractivity contribution < 1.29 is 47.6 Å². The summed E-state index contributed by atoms with van der Waals surface area (Å²) in [5, 5.41) is 9.32. The molecule has 1 fully saturated rings. The number of rotatable bonds is 1. The van der Waals surface area contributed by atoms with Gasteiger partial charge in [0.15, 0.2) is 4.93 Å². The monoisotopic (exact) mass is 220 g/mol. The maximum Gasteiger partial charge on any atom is 1.00 e. The molecule has 1 heterocycles. The quantitative estimate of drug-likeness (QED) is 0.371. The molecular weight excluding hydrogens is 211 g/mol. The van der Waals surface area contributed by atoms with Crippen LogP contribution in [0.3, 0.4) is 0 Å². The van der Waals surface area contributed by atoms with Crippen LogP contribution < -0.4 is 29.6 Å². The van der Waals surface area contributed by atoms with Crippen molar-refractivity contribution >= 4 is 21.9 Å². The summed E-state index contributed by atoms with van der Waals surface area (Å²) in [6.07, 6.45) is 0.0451. The number of aliphatic hydroxyl groups is 1. The third-order valence-corrected chi connectivity index (χ3v) is 4.47. The van der Waals surface area contributed by atoms with Crippen molar-refractivity contribution in [3.63, 3.8) is 0 Å². The molecule has 12 heavy (non-hydrogen) atoms. The van der Waals surface area contributed by atoms with E-state index in [1.165, 1.54) is 11.8 Å². The van der Waals surface area contributed by atoms with E-state index in [0.717, 1.165) is 0 Å². The predicted octanol–water partition coefficient (Wildman–Crippen LogP) is -3.25. The van der Waals surface area contributed by atoms with Gasteiger partial charge in [-0.1, -0.05) is 6.92 Å². The minimum absolute atomic E-state index is 0. The zero-order valence-electron chi connectivity index (χ0n) is 6.98. The van der Waals surface area contributed by atoms with Crippen LogP contribution in [-0.4, -0.2) is 34.0 Å². The Kier molecular flexibility index (Phi) is 4.59. The van der Waals surface area contributed by atoms with Crippen LogP contribution in [0.5, 0.6) is 0 Å². The summed E-state index contributed by atoms with van der Waals surface area (Å²) >= 11 is 1.30. The molecule has 0 radical (unpaired) electrons. The van der Waals surface area contributed by atoms with E-state index in [1.807, 2.05) is 0 Å². The third kappa shape index (κ3) is 2.60. The first-order valence-corrected chi connectivity index (χ1v) is 5.60. The van der Waals surface area contributed by atoms with E-state index in [9.17, 15) is 18.1 Å². The van der Waals surface area contributed by atoms with Crippen LogP contribution in [0.25, 0.3) is 0 Å². The van der Waals surface area contributed by atoms with E-state index >= 15 is 0 Å². The molecule has 4 nitrogen and oxygen atoms in total. The number of hydrogen-bond donors (Lipinski definition) is 1. The molecule has 0 saturated carbocycles. The molecule has 1 aliphatic heterocycles. The van der Waals surface area contributed by atoms with Crippen molar-refractivity contribution in [2.24, 2.45) is 0 Å². The van der Waals surface area contributed by atoms with E-state index in [-0.39, 0.29) is 47.0 Å². The second kappa shape index (κ2) is 4.16. The summed E-state index contributed by atoms with van der Waals surface area (Å²) in [5.41, 5.74) is 0. The molecule has 1 aliphatic rings. The topological polar surface area (TPSA) is 77.4 Å². The fourth-order valence-electron chi connectivity index (χ4n) is 1.01. The number of hydrogen-bond acceptors (Lipinski definition) is 5. The van der Waals surface area contributed by atoms with Crippen molar-refractivity contribution in [1.29, 1.82) is 0 Å². The Bertz CT molecular complexity index is 252. The first-order valence-electron chi connectivity index (χ1n) is 3.14. The molecular formula is C5H9NaO4S2. The number of thioether (sulfide) groups is 1. The molecule has 0 aliphatic carbocycles. The molecule has 0 aromatic carbocycles. The van der Waals surface area contributed by atoms with Crippen LogP contribution in [0.15, 0.2) is 0 Å². The molecule has 1 rings (SSSR count).